The molecule has 38 heavy (non-hydrogen) atoms. The van der Waals surface area contributed by atoms with Gasteiger partial charge in [-0.25, -0.2) is 0 Å². The zero-order chi connectivity index (χ0) is 26.6. The molecule has 0 bridgehead atoms. The zero-order valence-electron chi connectivity index (χ0n) is 20.5. The van der Waals surface area contributed by atoms with Gasteiger partial charge in [0.15, 0.2) is 0 Å². The Morgan fingerprint density at radius 3 is 1.97 bits per heavy atom. The van der Waals surface area contributed by atoms with Crippen LogP contribution in [0.4, 0.5) is 0 Å². The van der Waals surface area contributed by atoms with E-state index < -0.39 is 17.7 Å². The highest BCUT2D eigenvalue weighted by atomic mass is 79.9. The second kappa shape index (κ2) is 8.07. The predicted molar refractivity (Wildman–Crippen MR) is 155 cm³/mol. The van der Waals surface area contributed by atoms with Gasteiger partial charge < -0.3 is 0 Å². The van der Waals surface area contributed by atoms with E-state index in [-0.39, 0.29) is 11.8 Å². The summed E-state index contributed by atoms with van der Waals surface area (Å²) in [5.41, 5.74) is 2.76. The van der Waals surface area contributed by atoms with E-state index >= 15 is 0 Å². The van der Waals surface area contributed by atoms with E-state index in [9.17, 15) is 19.2 Å². The van der Waals surface area contributed by atoms with E-state index in [1.54, 1.807) is 18.2 Å². The van der Waals surface area contributed by atoms with Crippen molar-refractivity contribution in [3.05, 3.63) is 67.1 Å². The first-order valence-corrected chi connectivity index (χ1v) is 14.2. The average Bonchev–Trinajstić information content (AvgIpc) is 2.88. The van der Waals surface area contributed by atoms with Crippen LogP contribution in [0.3, 0.4) is 0 Å². The van der Waals surface area contributed by atoms with Gasteiger partial charge in [-0.1, -0.05) is 54.8 Å². The van der Waals surface area contributed by atoms with Gasteiger partial charge in [-0.3, -0.25) is 29.8 Å². The number of amides is 4. The minimum Gasteiger partial charge on any atom is -0.288 e. The number of rotatable bonds is 4. The number of halogens is 2. The van der Waals surface area contributed by atoms with Crippen LogP contribution in [0.15, 0.2) is 39.3 Å². The second-order valence-electron chi connectivity index (χ2n) is 10.2. The number of carbonyl (C=O) groups is 4. The Hall–Kier alpha value is -3.36. The maximum Gasteiger partial charge on any atom is 0.259 e. The van der Waals surface area contributed by atoms with E-state index in [0.29, 0.717) is 37.5 Å². The van der Waals surface area contributed by atoms with Crippen LogP contribution in [-0.2, 0) is 0 Å². The molecule has 4 amide bonds. The predicted octanol–water partition coefficient (Wildman–Crippen LogP) is 7.32. The molecule has 0 saturated heterocycles. The molecule has 0 aromatic heterocycles. The van der Waals surface area contributed by atoms with Crippen LogP contribution in [-0.4, -0.2) is 23.6 Å². The molecule has 5 aromatic rings. The van der Waals surface area contributed by atoms with Crippen LogP contribution in [0.5, 0.6) is 0 Å². The molecule has 5 aromatic carbocycles. The highest BCUT2D eigenvalue weighted by Crippen LogP contribution is 2.52. The summed E-state index contributed by atoms with van der Waals surface area (Å²) < 4.78 is 1.50. The molecular formula is C30H20Br2N2O4. The molecule has 0 aliphatic carbocycles. The van der Waals surface area contributed by atoms with Gasteiger partial charge in [0.2, 0.25) is 0 Å². The molecule has 1 atom stereocenters. The van der Waals surface area contributed by atoms with E-state index in [1.165, 1.54) is 0 Å². The van der Waals surface area contributed by atoms with Crippen LogP contribution in [0.2, 0.25) is 0 Å². The maximum absolute atomic E-state index is 13.4. The van der Waals surface area contributed by atoms with E-state index in [2.05, 4.69) is 56.3 Å². The lowest BCUT2D eigenvalue weighted by molar-refractivity contribution is 0.0828. The summed E-state index contributed by atoms with van der Waals surface area (Å²) in [7, 11) is 0. The lowest BCUT2D eigenvalue weighted by Gasteiger charge is -2.28. The van der Waals surface area contributed by atoms with Crippen molar-refractivity contribution in [1.29, 1.82) is 0 Å². The molecule has 2 aliphatic rings. The minimum absolute atomic E-state index is 0.0487. The number of fused-ring (bicyclic) bond motifs is 2. The molecule has 0 radical (unpaired) electrons. The molecule has 2 heterocycles. The van der Waals surface area contributed by atoms with Crippen molar-refractivity contribution in [2.75, 3.05) is 0 Å². The first-order valence-electron chi connectivity index (χ1n) is 12.6. The lowest BCUT2D eigenvalue weighted by atomic mass is 9.79. The molecule has 1 unspecified atom stereocenters. The summed E-state index contributed by atoms with van der Waals surface area (Å²) >= 11 is 7.63. The standard InChI is InChI=1S/C30H20Br2N2O4/c1-3-4-5-11(2)18-25-22-16(29(37)34-30(25)38)10-17(31)21-12-6-8-14-20-15(28(36)33-27(14)35)9-7-13(19(12)20)23(24(21)22)26(18)32/h6-11H,3-5H2,1-2H3,(H,33,35,36)(H,34,37,38). The molecular weight excluding hydrogens is 612 g/mol. The third-order valence-electron chi connectivity index (χ3n) is 8.10. The Morgan fingerprint density at radius 2 is 1.32 bits per heavy atom. The number of hydrogen-bond donors (Lipinski definition) is 2. The van der Waals surface area contributed by atoms with Crippen molar-refractivity contribution in [3.8, 4) is 0 Å². The molecule has 188 valence electrons. The van der Waals surface area contributed by atoms with Gasteiger partial charge in [-0.2, -0.15) is 0 Å². The Bertz CT molecular complexity index is 1960. The van der Waals surface area contributed by atoms with Crippen LogP contribution < -0.4 is 10.6 Å². The summed E-state index contributed by atoms with van der Waals surface area (Å²) in [6.07, 6.45) is 2.91. The fourth-order valence-electron chi connectivity index (χ4n) is 6.46. The monoisotopic (exact) mass is 630 g/mol. The fourth-order valence-corrected chi connectivity index (χ4v) is 8.10. The zero-order valence-corrected chi connectivity index (χ0v) is 23.6. The highest BCUT2D eigenvalue weighted by molar-refractivity contribution is 9.11. The Kier molecular flexibility index (Phi) is 5.04. The number of imide groups is 2. The molecule has 0 spiro atoms. The first kappa shape index (κ1) is 23.7. The molecule has 0 saturated carbocycles. The molecule has 0 fully saturated rings. The normalized spacial score (nSPS) is 15.7. The Morgan fingerprint density at radius 1 is 0.711 bits per heavy atom. The summed E-state index contributed by atoms with van der Waals surface area (Å²) in [5.74, 6) is -1.60. The van der Waals surface area contributed by atoms with Gasteiger partial charge >= 0.3 is 0 Å². The molecule has 2 N–H and O–H groups in total. The number of nitrogens with one attached hydrogen (secondary N) is 2. The summed E-state index contributed by atoms with van der Waals surface area (Å²) in [6, 6.07) is 9.08. The van der Waals surface area contributed by atoms with Crippen molar-refractivity contribution in [2.24, 2.45) is 0 Å². The van der Waals surface area contributed by atoms with Gasteiger partial charge in [0.25, 0.3) is 23.6 Å². The van der Waals surface area contributed by atoms with Crippen molar-refractivity contribution in [3.63, 3.8) is 0 Å². The fraction of sp³-hybridized carbons (Fsp3) is 0.200. The summed E-state index contributed by atoms with van der Waals surface area (Å²) in [6.45, 7) is 4.25. The quantitative estimate of drug-likeness (QED) is 0.123. The van der Waals surface area contributed by atoms with Crippen molar-refractivity contribution in [2.45, 2.75) is 39.0 Å². The van der Waals surface area contributed by atoms with Crippen molar-refractivity contribution < 1.29 is 19.2 Å². The third kappa shape index (κ3) is 2.87. The molecule has 7 rings (SSSR count). The number of hydrogen-bond acceptors (Lipinski definition) is 4. The number of unbranched alkanes of at least 4 members (excludes halogenated alkanes) is 1. The largest absolute Gasteiger partial charge is 0.288 e. The Labute approximate surface area is 233 Å². The van der Waals surface area contributed by atoms with Crippen molar-refractivity contribution >= 4 is 98.6 Å². The van der Waals surface area contributed by atoms with Crippen LogP contribution >= 0.6 is 31.9 Å². The van der Waals surface area contributed by atoms with Crippen LogP contribution in [0.1, 0.15) is 86.0 Å². The van der Waals surface area contributed by atoms with Gasteiger partial charge in [0.05, 0.1) is 5.56 Å². The summed E-state index contributed by atoms with van der Waals surface area (Å²) in [5, 5.41) is 11.3. The van der Waals surface area contributed by atoms with Crippen molar-refractivity contribution in [1.82, 2.24) is 10.6 Å². The van der Waals surface area contributed by atoms with Crippen LogP contribution in [0.25, 0.3) is 43.1 Å². The lowest BCUT2D eigenvalue weighted by Crippen LogP contribution is -2.36. The number of benzene rings is 5. The summed E-state index contributed by atoms with van der Waals surface area (Å²) in [4.78, 5) is 52.1. The van der Waals surface area contributed by atoms with Gasteiger partial charge in [0, 0.05) is 52.6 Å². The molecule has 6 nitrogen and oxygen atoms in total. The van der Waals surface area contributed by atoms with Gasteiger partial charge in [-0.15, -0.1) is 0 Å². The van der Waals surface area contributed by atoms with E-state index in [1.807, 2.05) is 12.1 Å². The maximum atomic E-state index is 13.4. The Balaban J connectivity index is 1.80. The molecule has 8 heteroatoms. The highest BCUT2D eigenvalue weighted by Gasteiger charge is 2.35. The minimum atomic E-state index is -0.423. The first-order chi connectivity index (χ1) is 18.2. The van der Waals surface area contributed by atoms with E-state index in [0.717, 1.165) is 61.6 Å². The van der Waals surface area contributed by atoms with E-state index in [4.69, 9.17) is 0 Å². The molecule has 2 aliphatic heterocycles. The SMILES string of the molecule is CCCCC(C)c1c2c3c(cc(Br)c4c5ccc6c7c(ccc(c(c1Br)c34)c75)C(=O)NC6=O)C(=O)NC2=O. The smallest absolute Gasteiger partial charge is 0.259 e. The topological polar surface area (TPSA) is 92.3 Å². The van der Waals surface area contributed by atoms with Crippen LogP contribution in [0, 0.1) is 0 Å². The average molecular weight is 632 g/mol. The van der Waals surface area contributed by atoms with Gasteiger partial charge in [0.1, 0.15) is 0 Å². The number of carbonyl (C=O) groups excluding carboxylic acids is 4. The second-order valence-corrected chi connectivity index (χ2v) is 11.8. The third-order valence-corrected chi connectivity index (χ3v) is 9.55. The van der Waals surface area contributed by atoms with Gasteiger partial charge in [-0.05, 0) is 68.2 Å².